The summed E-state index contributed by atoms with van der Waals surface area (Å²) in [6.07, 6.45) is -10.4. The molecule has 10 heteroatoms. The predicted octanol–water partition coefficient (Wildman–Crippen LogP) is 2.89. The Labute approximate surface area is 129 Å². The number of hydrogen-bond acceptors (Lipinski definition) is 2. The average Bonchev–Trinajstić information content (AvgIpc) is 2.94. The number of nitrogens with one attached hydrogen (secondary N) is 1. The zero-order valence-corrected chi connectivity index (χ0v) is 12.4. The third-order valence-corrected chi connectivity index (χ3v) is 4.29. The monoisotopic (exact) mass is 354 g/mol. The van der Waals surface area contributed by atoms with Gasteiger partial charge in [-0.1, -0.05) is 0 Å². The largest absolute Gasteiger partial charge is 0.404 e. The van der Waals surface area contributed by atoms with Gasteiger partial charge in [0.15, 0.2) is 5.41 Å². The van der Waals surface area contributed by atoms with E-state index in [0.717, 1.165) is 6.42 Å². The lowest BCUT2D eigenvalue weighted by Crippen LogP contribution is -2.52. The fourth-order valence-corrected chi connectivity index (χ4v) is 2.92. The van der Waals surface area contributed by atoms with Gasteiger partial charge in [0.1, 0.15) is 0 Å². The van der Waals surface area contributed by atoms with Gasteiger partial charge in [-0.25, -0.2) is 0 Å². The first-order valence-corrected chi connectivity index (χ1v) is 6.71. The van der Waals surface area contributed by atoms with Gasteiger partial charge in [0.25, 0.3) is 0 Å². The van der Waals surface area contributed by atoms with Crippen LogP contribution in [0.1, 0.15) is 25.7 Å². The molecule has 1 N–H and O–H groups in total. The molecule has 2 aliphatic rings. The van der Waals surface area contributed by atoms with Crippen molar-refractivity contribution in [2.75, 3.05) is 19.6 Å². The molecule has 0 bridgehead atoms. The van der Waals surface area contributed by atoms with Gasteiger partial charge >= 0.3 is 12.4 Å². The van der Waals surface area contributed by atoms with Crippen molar-refractivity contribution in [3.8, 4) is 0 Å². The Bertz CT molecular complexity index is 391. The summed E-state index contributed by atoms with van der Waals surface area (Å²) in [6, 6.07) is -0.149. The summed E-state index contributed by atoms with van der Waals surface area (Å²) in [6.45, 7) is -1.12. The standard InChI is InChI=1S/C12H16F6N2O.ClH/c13-11(14,15)10(12(16,17)18)3-5-20(7-10)9(21)6-8-2-1-4-19-8;/h8,19H,1-7H2;1H. The quantitative estimate of drug-likeness (QED) is 0.773. The molecule has 0 aromatic heterocycles. The number of nitrogens with zero attached hydrogens (tertiary/aromatic N) is 1. The third-order valence-electron chi connectivity index (χ3n) is 4.29. The van der Waals surface area contributed by atoms with E-state index in [1.54, 1.807) is 0 Å². The van der Waals surface area contributed by atoms with Crippen molar-refractivity contribution in [3.63, 3.8) is 0 Å². The summed E-state index contributed by atoms with van der Waals surface area (Å²) in [5, 5.41) is 3.00. The van der Waals surface area contributed by atoms with Crippen molar-refractivity contribution in [2.45, 2.75) is 44.1 Å². The third kappa shape index (κ3) is 3.45. The first-order valence-electron chi connectivity index (χ1n) is 6.71. The minimum Gasteiger partial charge on any atom is -0.341 e. The lowest BCUT2D eigenvalue weighted by molar-refractivity contribution is -0.334. The van der Waals surface area contributed by atoms with Gasteiger partial charge in [-0.15, -0.1) is 12.4 Å². The van der Waals surface area contributed by atoms with Crippen molar-refractivity contribution in [3.05, 3.63) is 0 Å². The highest BCUT2D eigenvalue weighted by atomic mass is 35.5. The van der Waals surface area contributed by atoms with Crippen LogP contribution in [0.4, 0.5) is 26.3 Å². The van der Waals surface area contributed by atoms with Gasteiger partial charge in [-0.3, -0.25) is 4.79 Å². The summed E-state index contributed by atoms with van der Waals surface area (Å²) in [5.41, 5.74) is -3.79. The molecular weight excluding hydrogens is 338 g/mol. The number of halogens is 7. The van der Waals surface area contributed by atoms with Crippen LogP contribution in [-0.2, 0) is 4.79 Å². The molecule has 1 amide bonds. The van der Waals surface area contributed by atoms with E-state index in [9.17, 15) is 31.1 Å². The van der Waals surface area contributed by atoms with E-state index in [4.69, 9.17) is 0 Å². The lowest BCUT2D eigenvalue weighted by Gasteiger charge is -2.33. The summed E-state index contributed by atoms with van der Waals surface area (Å²) in [4.78, 5) is 12.6. The molecule has 0 aliphatic carbocycles. The molecule has 0 aromatic carbocycles. The summed E-state index contributed by atoms with van der Waals surface area (Å²) < 4.78 is 77.3. The number of carbonyl (C=O) groups is 1. The Morgan fingerprint density at radius 1 is 1.18 bits per heavy atom. The van der Waals surface area contributed by atoms with Gasteiger partial charge in [0.05, 0.1) is 0 Å². The molecule has 2 heterocycles. The Morgan fingerprint density at radius 2 is 1.77 bits per heavy atom. The van der Waals surface area contributed by atoms with E-state index in [0.29, 0.717) is 17.9 Å². The number of carbonyl (C=O) groups excluding carboxylic acids is 1. The van der Waals surface area contributed by atoms with Crippen molar-refractivity contribution >= 4 is 18.3 Å². The maximum Gasteiger partial charge on any atom is 0.404 e. The lowest BCUT2D eigenvalue weighted by atomic mass is 9.85. The molecule has 2 rings (SSSR count). The Morgan fingerprint density at radius 3 is 2.18 bits per heavy atom. The normalized spacial score (nSPS) is 25.2. The number of alkyl halides is 6. The molecule has 0 radical (unpaired) electrons. The van der Waals surface area contributed by atoms with Crippen LogP contribution in [-0.4, -0.2) is 48.8 Å². The van der Waals surface area contributed by atoms with Crippen molar-refractivity contribution < 1.29 is 31.1 Å². The van der Waals surface area contributed by atoms with E-state index in [-0.39, 0.29) is 24.9 Å². The predicted molar refractivity (Wildman–Crippen MR) is 68.6 cm³/mol. The molecule has 22 heavy (non-hydrogen) atoms. The van der Waals surface area contributed by atoms with Crippen LogP contribution in [0.5, 0.6) is 0 Å². The van der Waals surface area contributed by atoms with Crippen LogP contribution in [0, 0.1) is 5.41 Å². The molecular formula is C12H17ClF6N2O. The molecule has 2 saturated heterocycles. The molecule has 0 spiro atoms. The first-order chi connectivity index (χ1) is 9.57. The smallest absolute Gasteiger partial charge is 0.341 e. The maximum atomic E-state index is 12.9. The van der Waals surface area contributed by atoms with Gasteiger partial charge < -0.3 is 10.2 Å². The molecule has 1 unspecified atom stereocenters. The SMILES string of the molecule is Cl.O=C(CC1CCCN1)N1CCC(C(F)(F)F)(C(F)(F)F)C1. The fourth-order valence-electron chi connectivity index (χ4n) is 2.92. The van der Waals surface area contributed by atoms with Crippen LogP contribution < -0.4 is 5.32 Å². The topological polar surface area (TPSA) is 32.3 Å². The molecule has 0 saturated carbocycles. The Kier molecular flexibility index (Phi) is 5.65. The minimum atomic E-state index is -5.41. The van der Waals surface area contributed by atoms with Gasteiger partial charge in [0, 0.05) is 25.6 Å². The van der Waals surface area contributed by atoms with Crippen LogP contribution in [0.15, 0.2) is 0 Å². The summed E-state index contributed by atoms with van der Waals surface area (Å²) in [7, 11) is 0. The highest BCUT2D eigenvalue weighted by molar-refractivity contribution is 5.85. The van der Waals surface area contributed by atoms with Gasteiger partial charge in [-0.05, 0) is 25.8 Å². The number of amides is 1. The molecule has 0 aromatic rings. The first kappa shape index (κ1) is 19.3. The number of rotatable bonds is 2. The van der Waals surface area contributed by atoms with Crippen molar-refractivity contribution in [1.29, 1.82) is 0 Å². The zero-order chi connectivity index (χ0) is 15.9. The molecule has 130 valence electrons. The number of likely N-dealkylation sites (tertiary alicyclic amines) is 1. The van der Waals surface area contributed by atoms with Crippen LogP contribution in [0.3, 0.4) is 0 Å². The van der Waals surface area contributed by atoms with Gasteiger partial charge in [-0.2, -0.15) is 26.3 Å². The molecule has 2 fully saturated rings. The minimum absolute atomic E-state index is 0. The second-order valence-corrected chi connectivity index (χ2v) is 5.64. The summed E-state index contributed by atoms with van der Waals surface area (Å²) in [5.74, 6) is -0.648. The van der Waals surface area contributed by atoms with Crippen LogP contribution >= 0.6 is 12.4 Å². The Balaban J connectivity index is 0.00000242. The summed E-state index contributed by atoms with van der Waals surface area (Å²) >= 11 is 0. The maximum absolute atomic E-state index is 12.9. The highest BCUT2D eigenvalue weighted by Crippen LogP contribution is 2.55. The Hall–Kier alpha value is -0.700. The highest BCUT2D eigenvalue weighted by Gasteiger charge is 2.72. The van der Waals surface area contributed by atoms with Crippen molar-refractivity contribution in [2.24, 2.45) is 5.41 Å². The van der Waals surface area contributed by atoms with Crippen LogP contribution in [0.25, 0.3) is 0 Å². The van der Waals surface area contributed by atoms with Gasteiger partial charge in [0.2, 0.25) is 5.91 Å². The van der Waals surface area contributed by atoms with E-state index < -0.39 is 43.2 Å². The second-order valence-electron chi connectivity index (χ2n) is 5.64. The zero-order valence-electron chi connectivity index (χ0n) is 11.6. The van der Waals surface area contributed by atoms with Crippen LogP contribution in [0.2, 0.25) is 0 Å². The van der Waals surface area contributed by atoms with E-state index in [2.05, 4.69) is 5.32 Å². The van der Waals surface area contributed by atoms with E-state index in [1.165, 1.54) is 0 Å². The van der Waals surface area contributed by atoms with Crippen molar-refractivity contribution in [1.82, 2.24) is 10.2 Å². The fraction of sp³-hybridized carbons (Fsp3) is 0.917. The number of hydrogen-bond donors (Lipinski definition) is 1. The van der Waals surface area contributed by atoms with E-state index in [1.807, 2.05) is 0 Å². The second kappa shape index (κ2) is 6.43. The molecule has 3 nitrogen and oxygen atoms in total. The van der Waals surface area contributed by atoms with E-state index >= 15 is 0 Å². The molecule has 2 aliphatic heterocycles. The molecule has 1 atom stereocenters. The average molecular weight is 355 g/mol.